The van der Waals surface area contributed by atoms with Crippen LogP contribution in [0.2, 0.25) is 0 Å². The van der Waals surface area contributed by atoms with E-state index in [9.17, 15) is 23.9 Å². The third kappa shape index (κ3) is 3.62. The second-order valence-corrected chi connectivity index (χ2v) is 6.04. The van der Waals surface area contributed by atoms with Gasteiger partial charge in [-0.2, -0.15) is 0 Å². The number of halogens is 2. The van der Waals surface area contributed by atoms with Crippen molar-refractivity contribution in [2.45, 2.75) is 0 Å². The lowest BCUT2D eigenvalue weighted by molar-refractivity contribution is -0.139. The first kappa shape index (κ1) is 19.6. The molecule has 0 saturated heterocycles. The van der Waals surface area contributed by atoms with Crippen molar-refractivity contribution in [1.29, 1.82) is 0 Å². The lowest BCUT2D eigenvalue weighted by Crippen LogP contribution is -2.29. The van der Waals surface area contributed by atoms with Crippen LogP contribution >= 0.6 is 22.6 Å². The van der Waals surface area contributed by atoms with Crippen LogP contribution in [0.15, 0.2) is 47.8 Å². The number of ether oxygens (including phenoxy) is 2. The maximum atomic E-state index is 14.8. The third-order valence-corrected chi connectivity index (χ3v) is 4.26. The number of rotatable bonds is 4. The molecule has 1 heterocycles. The van der Waals surface area contributed by atoms with Crippen molar-refractivity contribution >= 4 is 46.2 Å². The topological polar surface area (TPSA) is 93.1 Å². The first-order chi connectivity index (χ1) is 12.3. The van der Waals surface area contributed by atoms with Gasteiger partial charge in [0.2, 0.25) is 0 Å². The van der Waals surface area contributed by atoms with Gasteiger partial charge in [-0.3, -0.25) is 0 Å². The van der Waals surface area contributed by atoms with E-state index in [4.69, 9.17) is 4.74 Å². The molecule has 0 fully saturated rings. The number of nitrogens with zero attached hydrogens (tertiary/aromatic N) is 1. The van der Waals surface area contributed by atoms with Gasteiger partial charge in [0.05, 0.1) is 34.6 Å². The summed E-state index contributed by atoms with van der Waals surface area (Å²) >= 11 is 1.70. The molecule has 1 aliphatic heterocycles. The van der Waals surface area contributed by atoms with E-state index in [1.54, 1.807) is 22.6 Å². The van der Waals surface area contributed by atoms with Crippen LogP contribution in [0.5, 0.6) is 0 Å². The lowest BCUT2D eigenvalue weighted by Gasteiger charge is -2.25. The molecule has 0 amide bonds. The Labute approximate surface area is 161 Å². The summed E-state index contributed by atoms with van der Waals surface area (Å²) in [4.78, 5) is 37.0. The standard InChI is InChI=1S/C17H13FINO6/c1-25-16(23)10-5-3-4-8-20(14(10)17(24)26-2)13-9(15(21)22)6-7-11(19)12(13)18/h3-8H,1-2H3,(H,21,22). The van der Waals surface area contributed by atoms with Crippen LogP contribution in [-0.2, 0) is 19.1 Å². The monoisotopic (exact) mass is 473 g/mol. The zero-order valence-corrected chi connectivity index (χ0v) is 15.8. The molecule has 0 atom stereocenters. The highest BCUT2D eigenvalue weighted by Crippen LogP contribution is 2.33. The van der Waals surface area contributed by atoms with E-state index in [1.165, 1.54) is 36.6 Å². The quantitative estimate of drug-likeness (QED) is 0.531. The molecule has 2 rings (SSSR count). The number of carbonyl (C=O) groups is 3. The molecule has 1 aromatic carbocycles. The van der Waals surface area contributed by atoms with Crippen LogP contribution in [-0.4, -0.2) is 37.2 Å². The predicted molar refractivity (Wildman–Crippen MR) is 97.9 cm³/mol. The zero-order chi connectivity index (χ0) is 19.4. The number of methoxy groups -OCH3 is 2. The van der Waals surface area contributed by atoms with Gasteiger partial charge in [0.15, 0.2) is 5.82 Å². The fourth-order valence-electron chi connectivity index (χ4n) is 2.28. The first-order valence-corrected chi connectivity index (χ1v) is 8.17. The smallest absolute Gasteiger partial charge is 0.355 e. The Kier molecular flexibility index (Phi) is 6.14. The van der Waals surface area contributed by atoms with Crippen molar-refractivity contribution in [2.24, 2.45) is 0 Å². The number of benzene rings is 1. The fourth-order valence-corrected chi connectivity index (χ4v) is 2.72. The van der Waals surface area contributed by atoms with E-state index in [0.717, 1.165) is 19.1 Å². The normalized spacial score (nSPS) is 13.5. The number of hydrogen-bond acceptors (Lipinski definition) is 6. The maximum Gasteiger partial charge on any atom is 0.355 e. The molecule has 0 unspecified atom stereocenters. The maximum absolute atomic E-state index is 14.8. The molecule has 1 aromatic rings. The predicted octanol–water partition coefficient (Wildman–Crippen LogP) is 2.62. The van der Waals surface area contributed by atoms with Gasteiger partial charge < -0.3 is 19.5 Å². The lowest BCUT2D eigenvalue weighted by atomic mass is 10.1. The molecule has 26 heavy (non-hydrogen) atoms. The third-order valence-electron chi connectivity index (χ3n) is 3.43. The Bertz CT molecular complexity index is 874. The van der Waals surface area contributed by atoms with E-state index in [2.05, 4.69) is 4.74 Å². The molecule has 0 bridgehead atoms. The molecular formula is C17H13FINO6. The van der Waals surface area contributed by atoms with Crippen LogP contribution in [0.4, 0.5) is 10.1 Å². The van der Waals surface area contributed by atoms with Gasteiger partial charge in [-0.25, -0.2) is 18.8 Å². The highest BCUT2D eigenvalue weighted by molar-refractivity contribution is 14.1. The minimum Gasteiger partial charge on any atom is -0.478 e. The minimum atomic E-state index is -1.40. The van der Waals surface area contributed by atoms with Gasteiger partial charge in [0, 0.05) is 6.20 Å². The zero-order valence-electron chi connectivity index (χ0n) is 13.7. The summed E-state index contributed by atoms with van der Waals surface area (Å²) in [5, 5.41) is 9.43. The van der Waals surface area contributed by atoms with Gasteiger partial charge in [-0.15, -0.1) is 0 Å². The van der Waals surface area contributed by atoms with Gasteiger partial charge in [0.25, 0.3) is 0 Å². The number of esters is 2. The fraction of sp³-hybridized carbons (Fsp3) is 0.118. The number of anilines is 1. The van der Waals surface area contributed by atoms with Crippen LogP contribution < -0.4 is 4.90 Å². The molecular weight excluding hydrogens is 460 g/mol. The summed E-state index contributed by atoms with van der Waals surface area (Å²) in [5.41, 5.74) is -1.36. The molecule has 1 N–H and O–H groups in total. The molecule has 0 radical (unpaired) electrons. The summed E-state index contributed by atoms with van der Waals surface area (Å²) in [6.07, 6.45) is 5.41. The van der Waals surface area contributed by atoms with Crippen LogP contribution in [0, 0.1) is 9.39 Å². The molecule has 0 aromatic heterocycles. The molecule has 0 spiro atoms. The number of aromatic carboxylic acids is 1. The van der Waals surface area contributed by atoms with Crippen LogP contribution in [0.25, 0.3) is 0 Å². The average Bonchev–Trinajstić information content (AvgIpc) is 2.84. The van der Waals surface area contributed by atoms with Crippen molar-refractivity contribution in [3.8, 4) is 0 Å². The van der Waals surface area contributed by atoms with E-state index >= 15 is 0 Å². The Morgan fingerprint density at radius 1 is 1.12 bits per heavy atom. The highest BCUT2D eigenvalue weighted by atomic mass is 127. The molecule has 1 aliphatic rings. The number of carbonyl (C=O) groups excluding carboxylic acids is 2. The van der Waals surface area contributed by atoms with E-state index in [-0.39, 0.29) is 20.4 Å². The first-order valence-electron chi connectivity index (χ1n) is 7.09. The highest BCUT2D eigenvalue weighted by Gasteiger charge is 2.32. The van der Waals surface area contributed by atoms with Crippen molar-refractivity contribution in [2.75, 3.05) is 19.1 Å². The number of allylic oxidation sites excluding steroid dienone is 2. The van der Waals surface area contributed by atoms with E-state index < -0.39 is 29.4 Å². The number of carboxylic acids is 1. The Morgan fingerprint density at radius 3 is 2.35 bits per heavy atom. The van der Waals surface area contributed by atoms with E-state index in [1.807, 2.05) is 0 Å². The molecule has 0 aliphatic carbocycles. The summed E-state index contributed by atoms with van der Waals surface area (Å²) in [7, 11) is 2.21. The van der Waals surface area contributed by atoms with Gasteiger partial charge in [-0.05, 0) is 46.9 Å². The molecule has 136 valence electrons. The van der Waals surface area contributed by atoms with Crippen LogP contribution in [0.3, 0.4) is 0 Å². The van der Waals surface area contributed by atoms with E-state index in [0.29, 0.717) is 0 Å². The Balaban J connectivity index is 2.86. The summed E-state index contributed by atoms with van der Waals surface area (Å²) < 4.78 is 24.3. The minimum absolute atomic E-state index is 0.136. The molecule has 7 nitrogen and oxygen atoms in total. The number of hydrogen-bond donors (Lipinski definition) is 1. The van der Waals surface area contributed by atoms with Gasteiger partial charge in [0.1, 0.15) is 5.70 Å². The van der Waals surface area contributed by atoms with Crippen molar-refractivity contribution < 1.29 is 33.4 Å². The van der Waals surface area contributed by atoms with Crippen molar-refractivity contribution in [3.05, 3.63) is 62.8 Å². The van der Waals surface area contributed by atoms with Crippen LogP contribution in [0.1, 0.15) is 10.4 Å². The second kappa shape index (κ2) is 8.13. The second-order valence-electron chi connectivity index (χ2n) is 4.88. The van der Waals surface area contributed by atoms with Gasteiger partial charge >= 0.3 is 17.9 Å². The summed E-state index contributed by atoms with van der Waals surface area (Å²) in [6, 6.07) is 2.51. The Hall–Kier alpha value is -2.69. The molecule has 9 heteroatoms. The van der Waals surface area contributed by atoms with Crippen molar-refractivity contribution in [3.63, 3.8) is 0 Å². The van der Waals surface area contributed by atoms with Crippen molar-refractivity contribution in [1.82, 2.24) is 0 Å². The summed E-state index contributed by atoms with van der Waals surface area (Å²) in [5.74, 6) is -4.08. The van der Waals surface area contributed by atoms with Gasteiger partial charge in [-0.1, -0.05) is 6.08 Å². The summed E-state index contributed by atoms with van der Waals surface area (Å²) in [6.45, 7) is 0. The largest absolute Gasteiger partial charge is 0.478 e. The average molecular weight is 473 g/mol. The SMILES string of the molecule is COC(=O)C1=C(C(=O)OC)N(c2c(C(=O)O)ccc(I)c2F)C=CC=C1. The Morgan fingerprint density at radius 2 is 1.77 bits per heavy atom. The molecule has 0 saturated carbocycles. The number of carboxylic acid groups (broad SMARTS) is 1.